The molecule has 1 aromatic carbocycles. The van der Waals surface area contributed by atoms with Crippen LogP contribution in [0.4, 0.5) is 5.69 Å². The minimum absolute atomic E-state index is 0. The predicted octanol–water partition coefficient (Wildman–Crippen LogP) is 2.81. The number of anilines is 1. The molecule has 2 aliphatic rings. The minimum Gasteiger partial charge on any atom is -0.399 e. The van der Waals surface area contributed by atoms with Gasteiger partial charge in [-0.25, -0.2) is 0 Å². The molecule has 2 heterocycles. The number of hydrogen-bond donors (Lipinski definition) is 1. The van der Waals surface area contributed by atoms with E-state index in [1.165, 1.54) is 0 Å². The molecule has 2 aliphatic heterocycles. The summed E-state index contributed by atoms with van der Waals surface area (Å²) in [5.41, 5.74) is 7.20. The number of carbonyl (C=O) groups excluding carboxylic acids is 1. The Morgan fingerprint density at radius 1 is 1.23 bits per heavy atom. The Hall–Kier alpha value is -0.970. The van der Waals surface area contributed by atoms with Crippen molar-refractivity contribution >= 4 is 36.4 Å². The summed E-state index contributed by atoms with van der Waals surface area (Å²) in [5.74, 6) is 0.155. The van der Waals surface area contributed by atoms with Crippen LogP contribution in [-0.2, 0) is 0 Å². The fourth-order valence-electron chi connectivity index (χ4n) is 3.58. The summed E-state index contributed by atoms with van der Waals surface area (Å²) in [5, 5.41) is 0. The average Bonchev–Trinajstić information content (AvgIpc) is 2.73. The van der Waals surface area contributed by atoms with E-state index in [-0.39, 0.29) is 30.7 Å². The van der Waals surface area contributed by atoms with Gasteiger partial charge in [0.1, 0.15) is 0 Å². The summed E-state index contributed by atoms with van der Waals surface area (Å²) < 4.78 is 0. The number of nitrogens with two attached hydrogens (primary N) is 1. The number of carbonyl (C=O) groups is 1. The molecule has 0 radical (unpaired) electrons. The Kier molecular flexibility index (Phi) is 6.98. The lowest BCUT2D eigenvalue weighted by Crippen LogP contribution is -2.43. The van der Waals surface area contributed by atoms with E-state index in [4.69, 9.17) is 5.73 Å². The van der Waals surface area contributed by atoms with E-state index < -0.39 is 0 Å². The number of nitrogen functional groups attached to an aromatic ring is 1. The number of hydrogen-bond acceptors (Lipinski definition) is 3. The monoisotopic (exact) mass is 345 g/mol. The zero-order chi connectivity index (χ0) is 14.1. The highest BCUT2D eigenvalue weighted by Crippen LogP contribution is 2.31. The zero-order valence-electron chi connectivity index (χ0n) is 12.9. The topological polar surface area (TPSA) is 49.6 Å². The Morgan fingerprint density at radius 2 is 1.95 bits per heavy atom. The van der Waals surface area contributed by atoms with E-state index in [0.717, 1.165) is 44.5 Å². The Morgan fingerprint density at radius 3 is 2.64 bits per heavy atom. The van der Waals surface area contributed by atoms with E-state index in [9.17, 15) is 4.79 Å². The van der Waals surface area contributed by atoms with Gasteiger partial charge in [0.05, 0.1) is 0 Å². The molecule has 6 heteroatoms. The molecule has 2 saturated heterocycles. The van der Waals surface area contributed by atoms with Gasteiger partial charge >= 0.3 is 0 Å². The standard InChI is InChI=1S/C16H23N3O.2ClH/c1-2-18-9-8-14-6-7-15(11-18)19(14)16(20)12-4-3-5-13(17)10-12;;/h3-5,10,14-15H,2,6-9,11,17H2,1H3;2*1H. The summed E-state index contributed by atoms with van der Waals surface area (Å²) in [7, 11) is 0. The third-order valence-electron chi connectivity index (χ3n) is 4.68. The van der Waals surface area contributed by atoms with Gasteiger partial charge in [0.2, 0.25) is 0 Å². The molecular weight excluding hydrogens is 321 g/mol. The summed E-state index contributed by atoms with van der Waals surface area (Å²) >= 11 is 0. The van der Waals surface area contributed by atoms with Crippen LogP contribution in [0.2, 0.25) is 0 Å². The second-order valence-corrected chi connectivity index (χ2v) is 5.90. The highest BCUT2D eigenvalue weighted by atomic mass is 35.5. The first-order valence-electron chi connectivity index (χ1n) is 7.59. The third kappa shape index (κ3) is 3.67. The fourth-order valence-corrected chi connectivity index (χ4v) is 3.58. The van der Waals surface area contributed by atoms with Gasteiger partial charge in [0.25, 0.3) is 5.91 Å². The van der Waals surface area contributed by atoms with Crippen LogP contribution in [0.1, 0.15) is 36.5 Å². The maximum atomic E-state index is 12.8. The van der Waals surface area contributed by atoms with Crippen molar-refractivity contribution in [3.63, 3.8) is 0 Å². The lowest BCUT2D eigenvalue weighted by molar-refractivity contribution is 0.0671. The fraction of sp³-hybridized carbons (Fsp3) is 0.562. The van der Waals surface area contributed by atoms with E-state index in [1.54, 1.807) is 6.07 Å². The largest absolute Gasteiger partial charge is 0.399 e. The van der Waals surface area contributed by atoms with Crippen molar-refractivity contribution in [1.29, 1.82) is 0 Å². The van der Waals surface area contributed by atoms with Gasteiger partial charge in [-0.2, -0.15) is 0 Å². The van der Waals surface area contributed by atoms with Gasteiger partial charge in [0.15, 0.2) is 0 Å². The smallest absolute Gasteiger partial charge is 0.254 e. The molecule has 4 nitrogen and oxygen atoms in total. The van der Waals surface area contributed by atoms with Gasteiger partial charge in [-0.15, -0.1) is 24.8 Å². The van der Waals surface area contributed by atoms with Gasteiger partial charge < -0.3 is 15.5 Å². The molecule has 0 aromatic heterocycles. The Bertz CT molecular complexity index is 512. The number of nitrogens with zero attached hydrogens (tertiary/aromatic N) is 2. The molecule has 0 saturated carbocycles. The van der Waals surface area contributed by atoms with Crippen molar-refractivity contribution < 1.29 is 4.79 Å². The molecule has 2 unspecified atom stereocenters. The first kappa shape index (κ1) is 19.1. The number of amides is 1. The van der Waals surface area contributed by atoms with Crippen LogP contribution < -0.4 is 5.73 Å². The Labute approximate surface area is 144 Å². The van der Waals surface area contributed by atoms with Crippen molar-refractivity contribution in [2.75, 3.05) is 25.4 Å². The minimum atomic E-state index is 0. The molecule has 2 atom stereocenters. The first-order valence-corrected chi connectivity index (χ1v) is 7.59. The molecule has 1 amide bonds. The van der Waals surface area contributed by atoms with Crippen LogP contribution >= 0.6 is 24.8 Å². The molecule has 2 fully saturated rings. The van der Waals surface area contributed by atoms with Gasteiger partial charge in [0, 0.05) is 36.4 Å². The molecule has 22 heavy (non-hydrogen) atoms. The van der Waals surface area contributed by atoms with Crippen LogP contribution in [-0.4, -0.2) is 47.4 Å². The van der Waals surface area contributed by atoms with Crippen molar-refractivity contribution in [1.82, 2.24) is 9.80 Å². The van der Waals surface area contributed by atoms with Crippen molar-refractivity contribution in [3.8, 4) is 0 Å². The summed E-state index contributed by atoms with van der Waals surface area (Å²) in [6, 6.07) is 8.14. The number of likely N-dealkylation sites (tertiary alicyclic amines) is 1. The lowest BCUT2D eigenvalue weighted by atomic mass is 10.1. The van der Waals surface area contributed by atoms with Crippen LogP contribution in [0.5, 0.6) is 0 Å². The molecule has 2 N–H and O–H groups in total. The molecule has 2 bridgehead atoms. The molecule has 124 valence electrons. The summed E-state index contributed by atoms with van der Waals surface area (Å²) in [6.07, 6.45) is 3.38. The highest BCUT2D eigenvalue weighted by molar-refractivity contribution is 5.95. The number of halogens is 2. The lowest BCUT2D eigenvalue weighted by Gasteiger charge is -2.29. The maximum Gasteiger partial charge on any atom is 0.254 e. The first-order chi connectivity index (χ1) is 9.69. The van der Waals surface area contributed by atoms with E-state index in [2.05, 4.69) is 16.7 Å². The van der Waals surface area contributed by atoms with Gasteiger partial charge in [-0.05, 0) is 44.0 Å². The quantitative estimate of drug-likeness (QED) is 0.838. The maximum absolute atomic E-state index is 12.8. The molecular formula is C16H25Cl2N3O. The zero-order valence-corrected chi connectivity index (χ0v) is 14.5. The number of rotatable bonds is 2. The van der Waals surface area contributed by atoms with E-state index >= 15 is 0 Å². The summed E-state index contributed by atoms with van der Waals surface area (Å²) in [4.78, 5) is 17.4. The van der Waals surface area contributed by atoms with E-state index in [1.807, 2.05) is 18.2 Å². The highest BCUT2D eigenvalue weighted by Gasteiger charge is 2.39. The van der Waals surface area contributed by atoms with Crippen LogP contribution in [0.25, 0.3) is 0 Å². The van der Waals surface area contributed by atoms with Crippen molar-refractivity contribution in [2.45, 2.75) is 38.3 Å². The normalized spacial score (nSPS) is 24.1. The van der Waals surface area contributed by atoms with Crippen LogP contribution in [0.3, 0.4) is 0 Å². The second-order valence-electron chi connectivity index (χ2n) is 5.90. The van der Waals surface area contributed by atoms with Crippen molar-refractivity contribution in [2.24, 2.45) is 0 Å². The SMILES string of the molecule is CCN1CCC2CCC(C1)N2C(=O)c1cccc(N)c1.Cl.Cl. The van der Waals surface area contributed by atoms with E-state index in [0.29, 0.717) is 17.8 Å². The third-order valence-corrected chi connectivity index (χ3v) is 4.68. The Balaban J connectivity index is 0.00000121. The van der Waals surface area contributed by atoms with Crippen molar-refractivity contribution in [3.05, 3.63) is 29.8 Å². The van der Waals surface area contributed by atoms with Crippen LogP contribution in [0, 0.1) is 0 Å². The van der Waals surface area contributed by atoms with Gasteiger partial charge in [-0.3, -0.25) is 4.79 Å². The second kappa shape index (κ2) is 8.04. The van der Waals surface area contributed by atoms with Gasteiger partial charge in [-0.1, -0.05) is 13.0 Å². The summed E-state index contributed by atoms with van der Waals surface area (Å²) in [6.45, 7) is 5.39. The number of likely N-dealkylation sites (N-methyl/N-ethyl adjacent to an activating group) is 1. The van der Waals surface area contributed by atoms with Crippen LogP contribution in [0.15, 0.2) is 24.3 Å². The molecule has 0 aliphatic carbocycles. The predicted molar refractivity (Wildman–Crippen MR) is 95.1 cm³/mol. The molecule has 3 rings (SSSR count). The number of fused-ring (bicyclic) bond motifs is 2. The number of benzene rings is 1. The molecule has 1 aromatic rings. The average molecular weight is 346 g/mol. The molecule has 0 spiro atoms.